The Morgan fingerprint density at radius 1 is 1.28 bits per heavy atom. The highest BCUT2D eigenvalue weighted by Crippen LogP contribution is 2.37. The number of benzene rings is 1. The van der Waals surface area contributed by atoms with Gasteiger partial charge in [0.25, 0.3) is 0 Å². The van der Waals surface area contributed by atoms with Crippen LogP contribution in [0, 0.1) is 0 Å². The molecule has 1 aliphatic heterocycles. The monoisotopic (exact) mass is 400 g/mol. The molecule has 2 aliphatic rings. The van der Waals surface area contributed by atoms with E-state index in [0.29, 0.717) is 6.61 Å². The summed E-state index contributed by atoms with van der Waals surface area (Å²) in [6.45, 7) is 8.35. The Bertz CT molecular complexity index is 786. The lowest BCUT2D eigenvalue weighted by Crippen LogP contribution is -2.24. The summed E-state index contributed by atoms with van der Waals surface area (Å²) in [5, 5.41) is 9.84. The molecule has 0 bridgehead atoms. The number of allylic oxidation sites excluding steroid dienone is 4. The summed E-state index contributed by atoms with van der Waals surface area (Å²) in [7, 11) is 0. The molecule has 1 heterocycles. The van der Waals surface area contributed by atoms with Gasteiger partial charge in [-0.3, -0.25) is 0 Å². The summed E-state index contributed by atoms with van der Waals surface area (Å²) in [6.07, 6.45) is 5.77. The van der Waals surface area contributed by atoms with E-state index in [1.807, 2.05) is 18.2 Å². The number of esters is 1. The van der Waals surface area contributed by atoms with E-state index in [2.05, 4.69) is 38.6 Å². The molecule has 0 saturated carbocycles. The van der Waals surface area contributed by atoms with Gasteiger partial charge in [0.15, 0.2) is 0 Å². The normalized spacial score (nSPS) is 19.5. The van der Waals surface area contributed by atoms with Crippen molar-refractivity contribution in [1.82, 2.24) is 0 Å². The fourth-order valence-electron chi connectivity index (χ4n) is 3.14. The highest BCUT2D eigenvalue weighted by atomic mass is 16.8. The molecule has 29 heavy (non-hydrogen) atoms. The summed E-state index contributed by atoms with van der Waals surface area (Å²) in [4.78, 5) is 11.0. The molecule has 6 heteroatoms. The molecule has 1 saturated heterocycles. The minimum Gasteiger partial charge on any atom is -0.495 e. The predicted molar refractivity (Wildman–Crippen MR) is 108 cm³/mol. The van der Waals surface area contributed by atoms with Gasteiger partial charge in [-0.2, -0.15) is 0 Å². The van der Waals surface area contributed by atoms with Gasteiger partial charge in [0.05, 0.1) is 5.76 Å². The van der Waals surface area contributed by atoms with E-state index in [1.54, 1.807) is 0 Å². The maximum atomic E-state index is 11.0. The second-order valence-corrected chi connectivity index (χ2v) is 7.65. The fourth-order valence-corrected chi connectivity index (χ4v) is 3.14. The van der Waals surface area contributed by atoms with Crippen LogP contribution in [-0.2, 0) is 24.4 Å². The molecular formula is C23H28O6. The highest BCUT2D eigenvalue weighted by molar-refractivity contribution is 5.81. The fraction of sp³-hybridized carbons (Fsp3) is 0.435. The molecular weight excluding hydrogens is 372 g/mol. The van der Waals surface area contributed by atoms with Crippen LogP contribution in [0.15, 0.2) is 60.4 Å². The Balaban J connectivity index is 1.54. The molecule has 0 aromatic heterocycles. The summed E-state index contributed by atoms with van der Waals surface area (Å²) in [5.41, 5.74) is 2.41. The minimum absolute atomic E-state index is 0.0784. The van der Waals surface area contributed by atoms with E-state index < -0.39 is 12.1 Å². The van der Waals surface area contributed by atoms with Crippen LogP contribution in [0.4, 0.5) is 0 Å². The molecule has 3 rings (SSSR count). The smallest absolute Gasteiger partial charge is 0.330 e. The standard InChI is InChI=1S/C23H28O6/c1-4-21(25)27-14-18(24)13-26-19-9-5-16(6-10-19)23(2,3)17-7-11-20(12-8-17)29-22-15-28-22/h4-5,7-9,11-12,18,22,24H,1,6,10,13-15H2,2-3H3. The first kappa shape index (κ1) is 21.1. The first-order valence-electron chi connectivity index (χ1n) is 9.77. The van der Waals surface area contributed by atoms with Crippen molar-refractivity contribution in [2.45, 2.75) is 44.5 Å². The molecule has 0 spiro atoms. The van der Waals surface area contributed by atoms with E-state index in [-0.39, 0.29) is 24.9 Å². The molecule has 1 fully saturated rings. The molecule has 1 aliphatic carbocycles. The third kappa shape index (κ3) is 5.95. The number of carbonyl (C=O) groups is 1. The molecule has 1 aromatic rings. The van der Waals surface area contributed by atoms with Gasteiger partial charge in [-0.15, -0.1) is 0 Å². The number of hydrogen-bond donors (Lipinski definition) is 1. The number of epoxide rings is 1. The summed E-state index contributed by atoms with van der Waals surface area (Å²) in [6, 6.07) is 8.14. The first-order valence-corrected chi connectivity index (χ1v) is 9.77. The van der Waals surface area contributed by atoms with Gasteiger partial charge >= 0.3 is 5.97 Å². The Morgan fingerprint density at radius 3 is 2.59 bits per heavy atom. The van der Waals surface area contributed by atoms with Gasteiger partial charge in [0.1, 0.15) is 31.7 Å². The van der Waals surface area contributed by atoms with Crippen LogP contribution >= 0.6 is 0 Å². The Labute approximate surface area is 171 Å². The maximum Gasteiger partial charge on any atom is 0.330 e. The zero-order valence-electron chi connectivity index (χ0n) is 16.9. The quantitative estimate of drug-likeness (QED) is 0.368. The second-order valence-electron chi connectivity index (χ2n) is 7.65. The van der Waals surface area contributed by atoms with Crippen LogP contribution in [0.25, 0.3) is 0 Å². The second kappa shape index (κ2) is 9.29. The van der Waals surface area contributed by atoms with E-state index >= 15 is 0 Å². The number of ether oxygens (including phenoxy) is 4. The zero-order chi connectivity index (χ0) is 20.9. The van der Waals surface area contributed by atoms with E-state index in [0.717, 1.165) is 30.4 Å². The van der Waals surface area contributed by atoms with Crippen molar-refractivity contribution in [3.8, 4) is 5.75 Å². The SMILES string of the molecule is C=CC(=O)OCC(O)COC1=CC=C(C(C)(C)c2ccc(OC3CO3)cc2)CC1. The number of hydrogen-bond acceptors (Lipinski definition) is 6. The zero-order valence-corrected chi connectivity index (χ0v) is 16.9. The molecule has 2 unspecified atom stereocenters. The van der Waals surface area contributed by atoms with Crippen molar-refractivity contribution in [3.05, 3.63) is 66.0 Å². The lowest BCUT2D eigenvalue weighted by atomic mass is 9.74. The Hall–Kier alpha value is -2.57. The molecule has 1 N–H and O–H groups in total. The van der Waals surface area contributed by atoms with E-state index in [4.69, 9.17) is 18.9 Å². The van der Waals surface area contributed by atoms with Crippen molar-refractivity contribution in [3.63, 3.8) is 0 Å². The Kier molecular flexibility index (Phi) is 6.77. The molecule has 156 valence electrons. The summed E-state index contributed by atoms with van der Waals surface area (Å²) < 4.78 is 21.2. The van der Waals surface area contributed by atoms with Gasteiger partial charge in [0, 0.05) is 17.9 Å². The molecule has 6 nitrogen and oxygen atoms in total. The van der Waals surface area contributed by atoms with Crippen LogP contribution in [0.1, 0.15) is 32.3 Å². The topological polar surface area (TPSA) is 77.5 Å². The van der Waals surface area contributed by atoms with Crippen molar-refractivity contribution >= 4 is 5.97 Å². The predicted octanol–water partition coefficient (Wildman–Crippen LogP) is 3.41. The Morgan fingerprint density at radius 2 is 2.00 bits per heavy atom. The van der Waals surface area contributed by atoms with Crippen molar-refractivity contribution in [1.29, 1.82) is 0 Å². The van der Waals surface area contributed by atoms with Crippen LogP contribution in [-0.4, -0.2) is 43.3 Å². The van der Waals surface area contributed by atoms with Crippen LogP contribution in [0.3, 0.4) is 0 Å². The van der Waals surface area contributed by atoms with Gasteiger partial charge in [-0.1, -0.05) is 44.2 Å². The average Bonchev–Trinajstić information content (AvgIpc) is 3.55. The summed E-state index contributed by atoms with van der Waals surface area (Å²) >= 11 is 0. The lowest BCUT2D eigenvalue weighted by Gasteiger charge is -2.31. The lowest BCUT2D eigenvalue weighted by molar-refractivity contribution is -0.141. The molecule has 0 amide bonds. The number of aliphatic hydroxyl groups is 1. The third-order valence-electron chi connectivity index (χ3n) is 5.11. The van der Waals surface area contributed by atoms with Gasteiger partial charge < -0.3 is 24.1 Å². The van der Waals surface area contributed by atoms with Crippen LogP contribution in [0.5, 0.6) is 5.75 Å². The van der Waals surface area contributed by atoms with Gasteiger partial charge in [-0.05, 0) is 30.2 Å². The largest absolute Gasteiger partial charge is 0.495 e. The maximum absolute atomic E-state index is 11.0. The van der Waals surface area contributed by atoms with Gasteiger partial charge in [-0.25, -0.2) is 4.79 Å². The average molecular weight is 400 g/mol. The molecule has 2 atom stereocenters. The van der Waals surface area contributed by atoms with E-state index in [9.17, 15) is 9.90 Å². The van der Waals surface area contributed by atoms with Crippen molar-refractivity contribution < 1.29 is 28.8 Å². The summed E-state index contributed by atoms with van der Waals surface area (Å²) in [5.74, 6) is 1.07. The van der Waals surface area contributed by atoms with Crippen LogP contribution in [0.2, 0.25) is 0 Å². The van der Waals surface area contributed by atoms with Crippen molar-refractivity contribution in [2.24, 2.45) is 0 Å². The molecule has 1 aromatic carbocycles. The van der Waals surface area contributed by atoms with Crippen molar-refractivity contribution in [2.75, 3.05) is 19.8 Å². The van der Waals surface area contributed by atoms with Gasteiger partial charge in [0.2, 0.25) is 6.29 Å². The van der Waals surface area contributed by atoms with Crippen LogP contribution < -0.4 is 4.74 Å². The number of rotatable bonds is 10. The third-order valence-corrected chi connectivity index (χ3v) is 5.11. The van der Waals surface area contributed by atoms with E-state index in [1.165, 1.54) is 11.1 Å². The molecule has 0 radical (unpaired) electrons. The first-order chi connectivity index (χ1) is 13.9. The number of carbonyl (C=O) groups excluding carboxylic acids is 1. The highest BCUT2D eigenvalue weighted by Gasteiger charge is 2.28. The number of aliphatic hydroxyl groups excluding tert-OH is 1. The minimum atomic E-state index is -0.872.